The summed E-state index contributed by atoms with van der Waals surface area (Å²) in [5, 5.41) is 17.6. The van der Waals surface area contributed by atoms with E-state index in [4.69, 9.17) is 9.15 Å². The summed E-state index contributed by atoms with van der Waals surface area (Å²) < 4.78 is 12.4. The van der Waals surface area contributed by atoms with E-state index in [0.29, 0.717) is 11.6 Å². The van der Waals surface area contributed by atoms with E-state index in [2.05, 4.69) is 10.4 Å². The molecule has 0 unspecified atom stereocenters. The molecule has 0 aliphatic heterocycles. The summed E-state index contributed by atoms with van der Waals surface area (Å²) in [5.74, 6) is 0.539. The monoisotopic (exact) mass is 342 g/mol. The van der Waals surface area contributed by atoms with Crippen LogP contribution in [0.1, 0.15) is 16.3 Å². The maximum absolute atomic E-state index is 12.1. The topological polar surface area (TPSA) is 112 Å². The smallest absolute Gasteiger partial charge is 0.310 e. The summed E-state index contributed by atoms with van der Waals surface area (Å²) in [5.41, 5.74) is -0.137. The summed E-state index contributed by atoms with van der Waals surface area (Å²) >= 11 is 0. The summed E-state index contributed by atoms with van der Waals surface area (Å²) in [7, 11) is 1.74. The number of amides is 1. The van der Waals surface area contributed by atoms with Gasteiger partial charge in [0.15, 0.2) is 17.3 Å². The molecule has 0 spiro atoms. The Bertz CT molecular complexity index is 915. The lowest BCUT2D eigenvalue weighted by Crippen LogP contribution is -2.11. The Morgan fingerprint density at radius 1 is 1.32 bits per heavy atom. The van der Waals surface area contributed by atoms with Crippen LogP contribution in [0.4, 0.5) is 11.5 Å². The number of benzene rings is 1. The van der Waals surface area contributed by atoms with E-state index >= 15 is 0 Å². The van der Waals surface area contributed by atoms with Crippen LogP contribution in [0.3, 0.4) is 0 Å². The predicted molar refractivity (Wildman–Crippen MR) is 87.3 cm³/mol. The van der Waals surface area contributed by atoms with Crippen LogP contribution < -0.4 is 10.1 Å². The molecule has 128 valence electrons. The van der Waals surface area contributed by atoms with Gasteiger partial charge in [0, 0.05) is 25.4 Å². The van der Waals surface area contributed by atoms with Gasteiger partial charge in [-0.05, 0) is 18.2 Å². The van der Waals surface area contributed by atoms with Gasteiger partial charge in [0.25, 0.3) is 5.91 Å². The number of para-hydroxylation sites is 2. The number of carbonyl (C=O) groups is 1. The zero-order valence-electron chi connectivity index (χ0n) is 13.2. The zero-order valence-corrected chi connectivity index (χ0v) is 13.2. The van der Waals surface area contributed by atoms with Crippen molar-refractivity contribution < 1.29 is 18.9 Å². The lowest BCUT2D eigenvalue weighted by molar-refractivity contribution is -0.386. The average Bonchev–Trinajstić information content (AvgIpc) is 3.22. The van der Waals surface area contributed by atoms with Crippen molar-refractivity contribution in [2.75, 3.05) is 5.32 Å². The highest BCUT2D eigenvalue weighted by molar-refractivity contribution is 6.01. The third kappa shape index (κ3) is 3.83. The van der Waals surface area contributed by atoms with Crippen LogP contribution in [-0.2, 0) is 13.7 Å². The second-order valence-corrected chi connectivity index (χ2v) is 5.11. The summed E-state index contributed by atoms with van der Waals surface area (Å²) in [6, 6.07) is 10.8. The van der Waals surface area contributed by atoms with Crippen LogP contribution in [0.2, 0.25) is 0 Å². The van der Waals surface area contributed by atoms with Crippen molar-refractivity contribution >= 4 is 17.4 Å². The van der Waals surface area contributed by atoms with Crippen molar-refractivity contribution in [1.82, 2.24) is 9.78 Å². The van der Waals surface area contributed by atoms with E-state index in [9.17, 15) is 14.9 Å². The van der Waals surface area contributed by atoms with Gasteiger partial charge < -0.3 is 14.5 Å². The van der Waals surface area contributed by atoms with Crippen molar-refractivity contribution in [1.29, 1.82) is 0 Å². The quantitative estimate of drug-likeness (QED) is 0.544. The minimum atomic E-state index is -0.525. The maximum atomic E-state index is 12.1. The number of nitrogens with one attached hydrogen (secondary N) is 1. The molecule has 9 nitrogen and oxygen atoms in total. The SMILES string of the molecule is Cn1ccc(NC(=O)c2ccc(COc3ccccc3[N+](=O)[O-])o2)n1. The third-order valence-corrected chi connectivity index (χ3v) is 3.27. The molecule has 0 saturated carbocycles. The van der Waals surface area contributed by atoms with E-state index in [0.717, 1.165) is 0 Å². The molecule has 25 heavy (non-hydrogen) atoms. The van der Waals surface area contributed by atoms with Gasteiger partial charge in [0.05, 0.1) is 4.92 Å². The number of carbonyl (C=O) groups excluding carboxylic acids is 1. The summed E-state index contributed by atoms with van der Waals surface area (Å²) in [4.78, 5) is 22.5. The molecule has 0 bridgehead atoms. The number of nitro benzene ring substituents is 1. The number of anilines is 1. The van der Waals surface area contributed by atoms with E-state index < -0.39 is 10.8 Å². The van der Waals surface area contributed by atoms with Gasteiger partial charge in [0.2, 0.25) is 0 Å². The lowest BCUT2D eigenvalue weighted by atomic mass is 10.3. The minimum Gasteiger partial charge on any atom is -0.479 e. The number of hydrogen-bond donors (Lipinski definition) is 1. The molecule has 0 radical (unpaired) electrons. The standard InChI is InChI=1S/C16H14N4O5/c1-19-9-8-15(18-19)17-16(21)14-7-6-11(25-14)10-24-13-5-3-2-4-12(13)20(22)23/h2-9H,10H2,1H3,(H,17,18,21). The van der Waals surface area contributed by atoms with Crippen molar-refractivity contribution in [3.05, 3.63) is 70.3 Å². The summed E-state index contributed by atoms with van der Waals surface area (Å²) in [6.45, 7) is -0.0400. The molecule has 0 fully saturated rings. The number of nitrogens with zero attached hydrogens (tertiary/aromatic N) is 3. The average molecular weight is 342 g/mol. The van der Waals surface area contributed by atoms with E-state index in [1.807, 2.05) is 0 Å². The Balaban J connectivity index is 1.64. The maximum Gasteiger partial charge on any atom is 0.310 e. The molecule has 0 saturated heterocycles. The second-order valence-electron chi connectivity index (χ2n) is 5.11. The molecular formula is C16H14N4O5. The van der Waals surface area contributed by atoms with Crippen LogP contribution in [0.25, 0.3) is 0 Å². The van der Waals surface area contributed by atoms with Crippen LogP contribution in [0, 0.1) is 10.1 Å². The number of aryl methyl sites for hydroxylation is 1. The van der Waals surface area contributed by atoms with Crippen molar-refractivity contribution in [3.8, 4) is 5.75 Å². The summed E-state index contributed by atoms with van der Waals surface area (Å²) in [6.07, 6.45) is 1.70. The van der Waals surface area contributed by atoms with Crippen LogP contribution in [0.15, 0.2) is 53.1 Å². The number of rotatable bonds is 6. The molecule has 0 aliphatic carbocycles. The Morgan fingerprint density at radius 2 is 2.12 bits per heavy atom. The highest BCUT2D eigenvalue weighted by Crippen LogP contribution is 2.26. The Morgan fingerprint density at radius 3 is 2.84 bits per heavy atom. The first kappa shape index (κ1) is 16.2. The number of nitro groups is 1. The Kier molecular flexibility index (Phi) is 4.46. The number of ether oxygens (including phenoxy) is 1. The van der Waals surface area contributed by atoms with E-state index in [1.165, 1.54) is 18.2 Å². The van der Waals surface area contributed by atoms with E-state index in [1.54, 1.807) is 42.2 Å². The van der Waals surface area contributed by atoms with Gasteiger partial charge >= 0.3 is 5.69 Å². The van der Waals surface area contributed by atoms with Gasteiger partial charge in [-0.3, -0.25) is 19.6 Å². The fourth-order valence-corrected chi connectivity index (χ4v) is 2.12. The molecule has 2 aromatic heterocycles. The predicted octanol–water partition coefficient (Wildman–Crippen LogP) is 2.75. The van der Waals surface area contributed by atoms with Crippen LogP contribution >= 0.6 is 0 Å². The van der Waals surface area contributed by atoms with Gasteiger partial charge in [-0.25, -0.2) is 0 Å². The first-order valence-electron chi connectivity index (χ1n) is 7.29. The lowest BCUT2D eigenvalue weighted by Gasteiger charge is -2.04. The first-order valence-corrected chi connectivity index (χ1v) is 7.29. The normalized spacial score (nSPS) is 10.4. The first-order chi connectivity index (χ1) is 12.0. The van der Waals surface area contributed by atoms with E-state index in [-0.39, 0.29) is 23.8 Å². The highest BCUT2D eigenvalue weighted by Gasteiger charge is 2.16. The molecule has 1 aromatic carbocycles. The number of hydrogen-bond acceptors (Lipinski definition) is 6. The molecule has 9 heteroatoms. The number of furan rings is 1. The van der Waals surface area contributed by atoms with Gasteiger partial charge in [-0.1, -0.05) is 12.1 Å². The molecular weight excluding hydrogens is 328 g/mol. The van der Waals surface area contributed by atoms with Crippen LogP contribution in [-0.4, -0.2) is 20.6 Å². The fourth-order valence-electron chi connectivity index (χ4n) is 2.12. The Hall–Kier alpha value is -3.62. The molecule has 0 atom stereocenters. The fraction of sp³-hybridized carbons (Fsp3) is 0.125. The molecule has 0 aliphatic rings. The molecule has 2 heterocycles. The Labute approximate surface area is 142 Å². The largest absolute Gasteiger partial charge is 0.479 e. The van der Waals surface area contributed by atoms with Crippen LogP contribution in [0.5, 0.6) is 5.75 Å². The minimum absolute atomic E-state index is 0.0400. The molecule has 3 aromatic rings. The zero-order chi connectivity index (χ0) is 17.8. The van der Waals surface area contributed by atoms with Crippen molar-refractivity contribution in [3.63, 3.8) is 0 Å². The highest BCUT2D eigenvalue weighted by atomic mass is 16.6. The van der Waals surface area contributed by atoms with Gasteiger partial charge in [-0.2, -0.15) is 5.10 Å². The third-order valence-electron chi connectivity index (χ3n) is 3.27. The molecule has 1 N–H and O–H groups in total. The number of aromatic nitrogens is 2. The van der Waals surface area contributed by atoms with Gasteiger partial charge in [-0.15, -0.1) is 0 Å². The van der Waals surface area contributed by atoms with Gasteiger partial charge in [0.1, 0.15) is 12.4 Å². The van der Waals surface area contributed by atoms with Crippen molar-refractivity contribution in [2.45, 2.75) is 6.61 Å². The molecule has 1 amide bonds. The second kappa shape index (κ2) is 6.87. The molecule has 3 rings (SSSR count). The van der Waals surface area contributed by atoms with Crippen molar-refractivity contribution in [2.24, 2.45) is 7.05 Å².